The van der Waals surface area contributed by atoms with E-state index < -0.39 is 22.6 Å². The highest BCUT2D eigenvalue weighted by molar-refractivity contribution is 5.95. The average Bonchev–Trinajstić information content (AvgIpc) is 2.45. The van der Waals surface area contributed by atoms with Crippen LogP contribution in [0.5, 0.6) is 5.75 Å². The van der Waals surface area contributed by atoms with Crippen LogP contribution < -0.4 is 4.74 Å². The molecule has 0 aliphatic carbocycles. The zero-order valence-corrected chi connectivity index (χ0v) is 10.7. The number of carbonyl (C=O) groups excluding carboxylic acids is 2. The van der Waals surface area contributed by atoms with Crippen molar-refractivity contribution >= 4 is 17.6 Å². The molecule has 0 atom stereocenters. The van der Waals surface area contributed by atoms with Crippen LogP contribution in [0.15, 0.2) is 36.1 Å². The van der Waals surface area contributed by atoms with Gasteiger partial charge in [0.2, 0.25) is 11.5 Å². The van der Waals surface area contributed by atoms with E-state index in [4.69, 9.17) is 4.74 Å². The van der Waals surface area contributed by atoms with Crippen molar-refractivity contribution in [1.29, 1.82) is 0 Å². The fourth-order valence-electron chi connectivity index (χ4n) is 1.21. The number of para-hydroxylation sites is 2. The number of rotatable bonds is 5. The van der Waals surface area contributed by atoms with E-state index in [1.807, 2.05) is 0 Å². The monoisotopic (exact) mass is 281 g/mol. The summed E-state index contributed by atoms with van der Waals surface area (Å²) >= 11 is 0. The molecule has 0 bridgehead atoms. The lowest BCUT2D eigenvalue weighted by molar-refractivity contribution is -0.385. The summed E-state index contributed by atoms with van der Waals surface area (Å²) in [6.45, 7) is 0. The molecular formula is C12H11NO7. The Kier molecular flexibility index (Phi) is 5.21. The quantitative estimate of drug-likeness (QED) is 0.262. The Morgan fingerprint density at radius 3 is 2.40 bits per heavy atom. The molecule has 0 unspecified atom stereocenters. The average molecular weight is 281 g/mol. The first-order valence-electron chi connectivity index (χ1n) is 5.28. The number of carbonyl (C=O) groups is 2. The summed E-state index contributed by atoms with van der Waals surface area (Å²) < 4.78 is 13.9. The summed E-state index contributed by atoms with van der Waals surface area (Å²) in [5, 5.41) is 10.8. The Bertz CT molecular complexity index is 565. The number of ether oxygens (including phenoxy) is 3. The predicted octanol–water partition coefficient (Wildman–Crippen LogP) is 1.20. The van der Waals surface area contributed by atoms with Crippen LogP contribution in [0.3, 0.4) is 0 Å². The van der Waals surface area contributed by atoms with Crippen molar-refractivity contribution in [3.05, 3.63) is 46.2 Å². The molecule has 0 saturated carbocycles. The van der Waals surface area contributed by atoms with Crippen molar-refractivity contribution in [2.75, 3.05) is 14.2 Å². The second kappa shape index (κ2) is 6.88. The molecule has 0 aromatic heterocycles. The van der Waals surface area contributed by atoms with Crippen LogP contribution in [0.1, 0.15) is 0 Å². The van der Waals surface area contributed by atoms with Gasteiger partial charge in [-0.1, -0.05) is 12.1 Å². The first-order valence-corrected chi connectivity index (χ1v) is 5.28. The van der Waals surface area contributed by atoms with E-state index in [0.717, 1.165) is 20.3 Å². The zero-order valence-electron chi connectivity index (χ0n) is 10.7. The Morgan fingerprint density at radius 2 is 1.85 bits per heavy atom. The van der Waals surface area contributed by atoms with Crippen molar-refractivity contribution in [3.63, 3.8) is 0 Å². The van der Waals surface area contributed by atoms with Crippen molar-refractivity contribution in [2.24, 2.45) is 0 Å². The van der Waals surface area contributed by atoms with E-state index in [0.29, 0.717) is 0 Å². The number of hydrogen-bond acceptors (Lipinski definition) is 7. The molecule has 0 N–H and O–H groups in total. The van der Waals surface area contributed by atoms with Crippen LogP contribution in [0.4, 0.5) is 5.69 Å². The molecule has 0 heterocycles. The third-order valence-electron chi connectivity index (χ3n) is 2.12. The molecule has 0 fully saturated rings. The minimum absolute atomic E-state index is 0.196. The molecule has 0 saturated heterocycles. The van der Waals surface area contributed by atoms with Gasteiger partial charge in [0.25, 0.3) is 0 Å². The largest absolute Gasteiger partial charge is 0.466 e. The van der Waals surface area contributed by atoms with Gasteiger partial charge in [0, 0.05) is 6.07 Å². The summed E-state index contributed by atoms with van der Waals surface area (Å²) in [5.41, 5.74) is -0.354. The molecule has 1 aromatic carbocycles. The molecular weight excluding hydrogens is 270 g/mol. The minimum Gasteiger partial charge on any atom is -0.466 e. The van der Waals surface area contributed by atoms with Gasteiger partial charge in [-0.3, -0.25) is 10.1 Å². The number of nitro benzene ring substituents is 1. The Morgan fingerprint density at radius 1 is 1.20 bits per heavy atom. The van der Waals surface area contributed by atoms with Crippen molar-refractivity contribution in [1.82, 2.24) is 0 Å². The smallest absolute Gasteiger partial charge is 0.374 e. The first-order chi connectivity index (χ1) is 9.49. The van der Waals surface area contributed by atoms with Gasteiger partial charge in [-0.15, -0.1) is 0 Å². The SMILES string of the molecule is COC(=O)/C=C(/Oc1ccccc1[N+](=O)[O-])C(=O)OC. The summed E-state index contributed by atoms with van der Waals surface area (Å²) in [4.78, 5) is 32.7. The van der Waals surface area contributed by atoms with E-state index >= 15 is 0 Å². The highest BCUT2D eigenvalue weighted by Gasteiger charge is 2.20. The fraction of sp³-hybridized carbons (Fsp3) is 0.167. The third kappa shape index (κ3) is 3.80. The van der Waals surface area contributed by atoms with Crippen LogP contribution in [-0.2, 0) is 19.1 Å². The van der Waals surface area contributed by atoms with Crippen LogP contribution in [0, 0.1) is 10.1 Å². The molecule has 8 heteroatoms. The predicted molar refractivity (Wildman–Crippen MR) is 65.8 cm³/mol. The van der Waals surface area contributed by atoms with Gasteiger partial charge in [0.15, 0.2) is 0 Å². The summed E-state index contributed by atoms with van der Waals surface area (Å²) in [6.07, 6.45) is 0.739. The van der Waals surface area contributed by atoms with Crippen LogP contribution >= 0.6 is 0 Å². The standard InChI is InChI=1S/C12H11NO7/c1-18-11(14)7-10(12(15)19-2)20-9-6-4-3-5-8(9)13(16)17/h3-7H,1-2H3/b10-7+. The first kappa shape index (κ1) is 15.2. The van der Waals surface area contributed by atoms with Gasteiger partial charge in [-0.25, -0.2) is 9.59 Å². The lowest BCUT2D eigenvalue weighted by atomic mass is 10.3. The fourth-order valence-corrected chi connectivity index (χ4v) is 1.21. The van der Waals surface area contributed by atoms with Gasteiger partial charge in [0.1, 0.15) is 0 Å². The van der Waals surface area contributed by atoms with Crippen LogP contribution in [-0.4, -0.2) is 31.1 Å². The van der Waals surface area contributed by atoms with Crippen LogP contribution in [0.2, 0.25) is 0 Å². The second-order valence-corrected chi connectivity index (χ2v) is 3.35. The molecule has 1 rings (SSSR count). The number of methoxy groups -OCH3 is 2. The minimum atomic E-state index is -0.964. The summed E-state index contributed by atoms with van der Waals surface area (Å²) in [5.74, 6) is -2.54. The number of nitro groups is 1. The molecule has 1 aromatic rings. The van der Waals surface area contributed by atoms with E-state index in [1.54, 1.807) is 0 Å². The number of benzene rings is 1. The van der Waals surface area contributed by atoms with Gasteiger partial charge < -0.3 is 14.2 Å². The van der Waals surface area contributed by atoms with Gasteiger partial charge in [-0.05, 0) is 6.07 Å². The number of nitrogens with zero attached hydrogens (tertiary/aromatic N) is 1. The van der Waals surface area contributed by atoms with Gasteiger partial charge in [-0.2, -0.15) is 0 Å². The third-order valence-corrected chi connectivity index (χ3v) is 2.12. The lowest BCUT2D eigenvalue weighted by Crippen LogP contribution is -2.14. The van der Waals surface area contributed by atoms with Crippen LogP contribution in [0.25, 0.3) is 0 Å². The van der Waals surface area contributed by atoms with E-state index in [2.05, 4.69) is 9.47 Å². The van der Waals surface area contributed by atoms with Gasteiger partial charge >= 0.3 is 17.6 Å². The van der Waals surface area contributed by atoms with E-state index in [1.165, 1.54) is 24.3 Å². The molecule has 0 radical (unpaired) electrons. The molecule has 0 spiro atoms. The van der Waals surface area contributed by atoms with Gasteiger partial charge in [0.05, 0.1) is 25.2 Å². The van der Waals surface area contributed by atoms with E-state index in [-0.39, 0.29) is 11.4 Å². The maximum atomic E-state index is 11.5. The van der Waals surface area contributed by atoms with E-state index in [9.17, 15) is 19.7 Å². The maximum Gasteiger partial charge on any atom is 0.374 e. The topological polar surface area (TPSA) is 105 Å². The zero-order chi connectivity index (χ0) is 15.1. The van der Waals surface area contributed by atoms with Crippen molar-refractivity contribution < 1.29 is 28.7 Å². The number of esters is 2. The highest BCUT2D eigenvalue weighted by atomic mass is 16.6. The summed E-state index contributed by atoms with van der Waals surface area (Å²) in [7, 11) is 2.19. The molecule has 8 nitrogen and oxygen atoms in total. The maximum absolute atomic E-state index is 11.5. The number of hydrogen-bond donors (Lipinski definition) is 0. The molecule has 0 amide bonds. The lowest BCUT2D eigenvalue weighted by Gasteiger charge is -2.08. The Hall–Kier alpha value is -2.90. The normalized spacial score (nSPS) is 10.6. The Balaban J connectivity index is 3.14. The molecule has 0 aliphatic heterocycles. The summed E-state index contributed by atoms with van der Waals surface area (Å²) in [6, 6.07) is 5.40. The second-order valence-electron chi connectivity index (χ2n) is 3.35. The van der Waals surface area contributed by atoms with Crippen molar-refractivity contribution in [3.8, 4) is 5.75 Å². The molecule has 20 heavy (non-hydrogen) atoms. The highest BCUT2D eigenvalue weighted by Crippen LogP contribution is 2.27. The molecule has 106 valence electrons. The Labute approximate surface area is 113 Å². The van der Waals surface area contributed by atoms with Crippen molar-refractivity contribution in [2.45, 2.75) is 0 Å². The molecule has 0 aliphatic rings.